The van der Waals surface area contributed by atoms with Gasteiger partial charge in [-0.15, -0.1) is 0 Å². The maximum atomic E-state index is 12.8. The average molecular weight is 673 g/mol. The van der Waals surface area contributed by atoms with Gasteiger partial charge >= 0.3 is 18.0 Å². The number of anilines is 1. The summed E-state index contributed by atoms with van der Waals surface area (Å²) >= 11 is 0. The molecule has 0 aliphatic heterocycles. The van der Waals surface area contributed by atoms with Gasteiger partial charge in [-0.2, -0.15) is 0 Å². The molecular weight excluding hydrogens is 632 g/mol. The van der Waals surface area contributed by atoms with Gasteiger partial charge in [-0.25, -0.2) is 14.4 Å². The first-order chi connectivity index (χ1) is 23.5. The smallest absolute Gasteiger partial charge is 0.407 e. The van der Waals surface area contributed by atoms with E-state index in [0.29, 0.717) is 11.3 Å². The second-order valence-electron chi connectivity index (χ2n) is 11.5. The van der Waals surface area contributed by atoms with Crippen molar-refractivity contribution in [2.45, 2.75) is 57.2 Å². The van der Waals surface area contributed by atoms with E-state index in [1.165, 1.54) is 28.1 Å². The highest BCUT2D eigenvalue weighted by atomic mass is 16.6. The van der Waals surface area contributed by atoms with Crippen molar-refractivity contribution in [3.63, 3.8) is 0 Å². The van der Waals surface area contributed by atoms with Crippen molar-refractivity contribution in [2.24, 2.45) is 0 Å². The highest BCUT2D eigenvalue weighted by Crippen LogP contribution is 2.44. The molecule has 13 nitrogen and oxygen atoms in total. The van der Waals surface area contributed by atoms with E-state index in [2.05, 4.69) is 26.0 Å². The minimum atomic E-state index is -1.02. The molecule has 3 aromatic rings. The Balaban J connectivity index is 1.24. The number of carbonyl (C=O) groups is 6. The van der Waals surface area contributed by atoms with Gasteiger partial charge in [-0.3, -0.25) is 14.4 Å². The second-order valence-corrected chi connectivity index (χ2v) is 11.5. The molecule has 0 spiro atoms. The lowest BCUT2D eigenvalue weighted by Gasteiger charge is -2.19. The maximum Gasteiger partial charge on any atom is 0.407 e. The molecule has 3 atom stereocenters. The van der Waals surface area contributed by atoms with Crippen LogP contribution in [0.1, 0.15) is 49.3 Å². The molecule has 13 heteroatoms. The van der Waals surface area contributed by atoms with Gasteiger partial charge in [0.25, 0.3) is 0 Å². The van der Waals surface area contributed by atoms with Gasteiger partial charge in [0.05, 0.1) is 14.2 Å². The first kappa shape index (κ1) is 36.1. The fourth-order valence-corrected chi connectivity index (χ4v) is 5.48. The SMILES string of the molecule is COC(=O)C(C)NC(=O)C(C)NC(=O)CCC(=O)Nc1ccc(C[C@H](NC(=O)OCC2c3ccccc3-c3ccccc32)C(=O)OC)cc1. The molecule has 4 amide bonds. The van der Waals surface area contributed by atoms with Crippen LogP contribution >= 0.6 is 0 Å². The molecular formula is C36H40N4O9. The van der Waals surface area contributed by atoms with E-state index < -0.39 is 53.9 Å². The van der Waals surface area contributed by atoms with E-state index in [-0.39, 0.29) is 31.8 Å². The van der Waals surface area contributed by atoms with E-state index in [0.717, 1.165) is 22.3 Å². The van der Waals surface area contributed by atoms with Crippen molar-refractivity contribution in [1.82, 2.24) is 16.0 Å². The summed E-state index contributed by atoms with van der Waals surface area (Å²) in [5.41, 5.74) is 5.48. The van der Waals surface area contributed by atoms with E-state index in [1.807, 2.05) is 48.5 Å². The van der Waals surface area contributed by atoms with Crippen molar-refractivity contribution in [3.05, 3.63) is 89.5 Å². The van der Waals surface area contributed by atoms with Gasteiger partial charge in [-0.1, -0.05) is 60.7 Å². The Morgan fingerprint density at radius 2 is 1.24 bits per heavy atom. The monoisotopic (exact) mass is 672 g/mol. The molecule has 0 bridgehead atoms. The molecule has 0 saturated heterocycles. The topological polar surface area (TPSA) is 178 Å². The van der Waals surface area contributed by atoms with E-state index in [4.69, 9.17) is 9.47 Å². The van der Waals surface area contributed by atoms with Crippen LogP contribution in [-0.2, 0) is 44.6 Å². The van der Waals surface area contributed by atoms with Crippen LogP contribution in [0.3, 0.4) is 0 Å². The molecule has 1 aliphatic carbocycles. The van der Waals surface area contributed by atoms with Gasteiger partial charge in [0.15, 0.2) is 0 Å². The summed E-state index contributed by atoms with van der Waals surface area (Å²) in [5, 5.41) is 10.2. The zero-order valence-electron chi connectivity index (χ0n) is 27.7. The zero-order chi connectivity index (χ0) is 35.5. The fourth-order valence-electron chi connectivity index (χ4n) is 5.48. The molecule has 0 saturated carbocycles. The molecule has 49 heavy (non-hydrogen) atoms. The van der Waals surface area contributed by atoms with E-state index in [1.54, 1.807) is 24.3 Å². The number of hydrogen-bond acceptors (Lipinski definition) is 9. The Hall–Kier alpha value is -5.72. The van der Waals surface area contributed by atoms with Crippen LogP contribution in [0.5, 0.6) is 0 Å². The summed E-state index contributed by atoms with van der Waals surface area (Å²) in [6.45, 7) is 3.00. The van der Waals surface area contributed by atoms with Crippen molar-refractivity contribution >= 4 is 41.4 Å². The Labute approximate surface area is 284 Å². The zero-order valence-corrected chi connectivity index (χ0v) is 27.7. The van der Waals surface area contributed by atoms with Crippen LogP contribution in [0.15, 0.2) is 72.8 Å². The number of nitrogens with one attached hydrogen (secondary N) is 4. The third kappa shape index (κ3) is 9.66. The number of rotatable bonds is 14. The minimum absolute atomic E-state index is 0.0918. The molecule has 0 radical (unpaired) electrons. The van der Waals surface area contributed by atoms with Crippen molar-refractivity contribution in [2.75, 3.05) is 26.1 Å². The lowest BCUT2D eigenvalue weighted by atomic mass is 9.98. The number of esters is 2. The van der Waals surface area contributed by atoms with Crippen LogP contribution in [0.4, 0.5) is 10.5 Å². The standard InChI is InChI=1S/C36H40N4O9/c1-21(33(43)38-22(2)34(44)47-3)37-31(41)17-18-32(42)39-24-15-13-23(14-16-24)19-30(35(45)48-4)40-36(46)49-20-29-27-11-7-5-9-25(27)26-10-6-8-12-28(26)29/h5-16,21-22,29-30H,17-20H2,1-4H3,(H,37,41)(H,38,43)(H,39,42)(H,40,46)/t21?,22?,30-/m0/s1. The highest BCUT2D eigenvalue weighted by molar-refractivity contribution is 5.94. The number of hydrogen-bond donors (Lipinski definition) is 4. The number of alkyl carbamates (subject to hydrolysis) is 1. The Kier molecular flexibility index (Phi) is 12.5. The molecule has 3 aromatic carbocycles. The van der Waals surface area contributed by atoms with Crippen LogP contribution in [0.2, 0.25) is 0 Å². The van der Waals surface area contributed by atoms with Gasteiger partial charge in [0.2, 0.25) is 17.7 Å². The molecule has 2 unspecified atom stereocenters. The largest absolute Gasteiger partial charge is 0.467 e. The molecule has 258 valence electrons. The lowest BCUT2D eigenvalue weighted by Crippen LogP contribution is -2.49. The van der Waals surface area contributed by atoms with Crippen molar-refractivity contribution in [3.8, 4) is 11.1 Å². The van der Waals surface area contributed by atoms with Crippen LogP contribution in [0.25, 0.3) is 11.1 Å². The number of benzene rings is 3. The fraction of sp³-hybridized carbons (Fsp3) is 0.333. The van der Waals surface area contributed by atoms with Gasteiger partial charge < -0.3 is 35.5 Å². The summed E-state index contributed by atoms with van der Waals surface area (Å²) in [4.78, 5) is 73.8. The lowest BCUT2D eigenvalue weighted by molar-refractivity contribution is -0.144. The predicted molar refractivity (Wildman–Crippen MR) is 179 cm³/mol. The predicted octanol–water partition coefficient (Wildman–Crippen LogP) is 3.21. The summed E-state index contributed by atoms with van der Waals surface area (Å²) in [6.07, 6.45) is -0.961. The van der Waals surface area contributed by atoms with Crippen LogP contribution in [0, 0.1) is 0 Å². The Bertz CT molecular complexity index is 1650. The van der Waals surface area contributed by atoms with E-state index >= 15 is 0 Å². The average Bonchev–Trinajstić information content (AvgIpc) is 3.42. The quantitative estimate of drug-likeness (QED) is 0.148. The highest BCUT2D eigenvalue weighted by Gasteiger charge is 2.30. The van der Waals surface area contributed by atoms with E-state index in [9.17, 15) is 28.8 Å². The van der Waals surface area contributed by atoms with Gasteiger partial charge in [0, 0.05) is 30.9 Å². The number of carbonyl (C=O) groups excluding carboxylic acids is 6. The number of amides is 4. The third-order valence-corrected chi connectivity index (χ3v) is 8.06. The summed E-state index contributed by atoms with van der Waals surface area (Å²) in [5.74, 6) is -2.91. The minimum Gasteiger partial charge on any atom is -0.467 e. The molecule has 0 fully saturated rings. The number of methoxy groups -OCH3 is 2. The Morgan fingerprint density at radius 1 is 0.673 bits per heavy atom. The molecule has 1 aliphatic rings. The molecule has 4 rings (SSSR count). The first-order valence-electron chi connectivity index (χ1n) is 15.8. The summed E-state index contributed by atoms with van der Waals surface area (Å²) < 4.78 is 15.1. The maximum absolute atomic E-state index is 12.8. The van der Waals surface area contributed by atoms with Crippen LogP contribution in [-0.4, -0.2) is 74.7 Å². The molecule has 0 heterocycles. The number of ether oxygens (including phenoxy) is 3. The number of fused-ring (bicyclic) bond motifs is 3. The van der Waals surface area contributed by atoms with Gasteiger partial charge in [-0.05, 0) is 53.8 Å². The molecule has 0 aromatic heterocycles. The van der Waals surface area contributed by atoms with Crippen molar-refractivity contribution in [1.29, 1.82) is 0 Å². The van der Waals surface area contributed by atoms with Crippen LogP contribution < -0.4 is 21.3 Å². The normalized spacial score (nSPS) is 13.4. The third-order valence-electron chi connectivity index (χ3n) is 8.06. The van der Waals surface area contributed by atoms with Gasteiger partial charge in [0.1, 0.15) is 24.7 Å². The first-order valence-corrected chi connectivity index (χ1v) is 15.8. The molecule has 4 N–H and O–H groups in total. The summed E-state index contributed by atoms with van der Waals surface area (Å²) in [7, 11) is 2.43. The second kappa shape index (κ2) is 16.9. The summed E-state index contributed by atoms with van der Waals surface area (Å²) in [6, 6.07) is 19.8. The Morgan fingerprint density at radius 3 is 1.84 bits per heavy atom. The van der Waals surface area contributed by atoms with Crippen molar-refractivity contribution < 1.29 is 43.0 Å².